The lowest BCUT2D eigenvalue weighted by atomic mass is 9.75. The van der Waals surface area contributed by atoms with Gasteiger partial charge in [0.25, 0.3) is 0 Å². The fraction of sp³-hybridized carbons (Fsp3) is 1.00. The smallest absolute Gasteiger partial charge is 0.383 e. The molecule has 0 heterocycles. The summed E-state index contributed by atoms with van der Waals surface area (Å²) >= 11 is 0. The molecule has 16 heavy (non-hydrogen) atoms. The molecule has 6 heteroatoms. The summed E-state index contributed by atoms with van der Waals surface area (Å²) in [6.45, 7) is 0.216. The van der Waals surface area contributed by atoms with Crippen LogP contribution < -0.4 is 11.3 Å². The van der Waals surface area contributed by atoms with E-state index >= 15 is 0 Å². The topological polar surface area (TPSA) is 47.3 Å². The summed E-state index contributed by atoms with van der Waals surface area (Å²) in [7, 11) is 1.47. The molecule has 96 valence electrons. The predicted octanol–water partition coefficient (Wildman–Crippen LogP) is 1.83. The molecule has 1 rings (SSSR count). The number of alkyl halides is 3. The highest BCUT2D eigenvalue weighted by molar-refractivity contribution is 4.87. The number of hydrazine groups is 1. The summed E-state index contributed by atoms with van der Waals surface area (Å²) in [6.07, 6.45) is -1.89. The number of rotatable bonds is 4. The van der Waals surface area contributed by atoms with Gasteiger partial charge in [0.1, 0.15) is 0 Å². The number of nitrogens with two attached hydrogens (primary N) is 1. The van der Waals surface area contributed by atoms with E-state index in [0.29, 0.717) is 12.8 Å². The Kier molecular flexibility index (Phi) is 5.01. The number of methoxy groups -OCH3 is 1. The maximum atomic E-state index is 12.8. The van der Waals surface area contributed by atoms with Crippen molar-refractivity contribution in [3.63, 3.8) is 0 Å². The van der Waals surface area contributed by atoms with Gasteiger partial charge < -0.3 is 4.74 Å². The van der Waals surface area contributed by atoms with Gasteiger partial charge in [0.2, 0.25) is 0 Å². The molecule has 0 amide bonds. The SMILES string of the molecule is COCC(NN)C1CCCCC1C(F)(F)F. The van der Waals surface area contributed by atoms with Crippen LogP contribution in [0, 0.1) is 11.8 Å². The van der Waals surface area contributed by atoms with Crippen LogP contribution in [0.4, 0.5) is 13.2 Å². The lowest BCUT2D eigenvalue weighted by Crippen LogP contribution is -2.50. The Morgan fingerprint density at radius 3 is 2.50 bits per heavy atom. The number of hydrogen-bond acceptors (Lipinski definition) is 3. The number of hydrogen-bond donors (Lipinski definition) is 2. The van der Waals surface area contributed by atoms with Gasteiger partial charge in [-0.25, -0.2) is 0 Å². The maximum absolute atomic E-state index is 12.8. The van der Waals surface area contributed by atoms with E-state index in [0.717, 1.165) is 6.42 Å². The molecule has 1 aliphatic rings. The molecule has 0 bridgehead atoms. The molecule has 1 fully saturated rings. The first-order valence-corrected chi connectivity index (χ1v) is 5.52. The molecular formula is C10H19F3N2O. The lowest BCUT2D eigenvalue weighted by molar-refractivity contribution is -0.200. The third kappa shape index (κ3) is 3.33. The highest BCUT2D eigenvalue weighted by atomic mass is 19.4. The van der Waals surface area contributed by atoms with Gasteiger partial charge in [0.05, 0.1) is 12.5 Å². The van der Waals surface area contributed by atoms with E-state index in [4.69, 9.17) is 10.6 Å². The Hall–Kier alpha value is -0.330. The molecule has 3 nitrogen and oxygen atoms in total. The van der Waals surface area contributed by atoms with Crippen molar-refractivity contribution in [3.05, 3.63) is 0 Å². The van der Waals surface area contributed by atoms with Crippen molar-refractivity contribution in [2.45, 2.75) is 37.9 Å². The van der Waals surface area contributed by atoms with Gasteiger partial charge in [-0.15, -0.1) is 0 Å². The molecule has 0 aromatic carbocycles. The van der Waals surface area contributed by atoms with E-state index in [-0.39, 0.29) is 13.0 Å². The third-order valence-corrected chi connectivity index (χ3v) is 3.32. The van der Waals surface area contributed by atoms with Gasteiger partial charge in [-0.3, -0.25) is 11.3 Å². The second-order valence-corrected chi connectivity index (χ2v) is 4.32. The Labute approximate surface area is 93.5 Å². The zero-order valence-corrected chi connectivity index (χ0v) is 9.39. The maximum Gasteiger partial charge on any atom is 0.392 e. The molecule has 1 saturated carbocycles. The van der Waals surface area contributed by atoms with Crippen molar-refractivity contribution in [2.75, 3.05) is 13.7 Å². The molecule has 3 atom stereocenters. The van der Waals surface area contributed by atoms with Crippen LogP contribution >= 0.6 is 0 Å². The molecule has 0 aromatic rings. The molecule has 1 aliphatic carbocycles. The Morgan fingerprint density at radius 2 is 2.00 bits per heavy atom. The standard InChI is InChI=1S/C10H19F3N2O/c1-16-6-9(15-14)7-4-2-3-5-8(7)10(11,12)13/h7-9,15H,2-6,14H2,1H3. The average Bonchev–Trinajstić information content (AvgIpc) is 2.25. The van der Waals surface area contributed by atoms with Crippen LogP contribution in [-0.2, 0) is 4.74 Å². The van der Waals surface area contributed by atoms with Crippen LogP contribution in [0.3, 0.4) is 0 Å². The minimum atomic E-state index is -4.13. The van der Waals surface area contributed by atoms with E-state index in [9.17, 15) is 13.2 Å². The minimum absolute atomic E-state index is 0.204. The molecular weight excluding hydrogens is 221 g/mol. The predicted molar refractivity (Wildman–Crippen MR) is 54.5 cm³/mol. The Balaban J connectivity index is 2.72. The van der Waals surface area contributed by atoms with Crippen LogP contribution in [0.15, 0.2) is 0 Å². The fourth-order valence-corrected chi connectivity index (χ4v) is 2.52. The molecule has 0 aliphatic heterocycles. The second kappa shape index (κ2) is 5.84. The summed E-state index contributed by atoms with van der Waals surface area (Å²) in [5.74, 6) is 3.57. The highest BCUT2D eigenvalue weighted by Gasteiger charge is 2.47. The van der Waals surface area contributed by atoms with Crippen molar-refractivity contribution in [3.8, 4) is 0 Å². The van der Waals surface area contributed by atoms with Crippen LogP contribution in [0.2, 0.25) is 0 Å². The number of nitrogens with one attached hydrogen (secondary N) is 1. The van der Waals surface area contributed by atoms with Crippen LogP contribution in [-0.4, -0.2) is 25.9 Å². The first-order chi connectivity index (χ1) is 7.50. The highest BCUT2D eigenvalue weighted by Crippen LogP contribution is 2.42. The van der Waals surface area contributed by atoms with E-state index in [1.165, 1.54) is 7.11 Å². The summed E-state index contributed by atoms with van der Waals surface area (Å²) in [6, 6.07) is -0.420. The summed E-state index contributed by atoms with van der Waals surface area (Å²) in [5.41, 5.74) is 2.45. The van der Waals surface area contributed by atoms with Gasteiger partial charge in [0, 0.05) is 13.2 Å². The Bertz CT molecular complexity index is 211. The van der Waals surface area contributed by atoms with Gasteiger partial charge in [-0.2, -0.15) is 13.2 Å². The molecule has 0 radical (unpaired) electrons. The van der Waals surface area contributed by atoms with Crippen LogP contribution in [0.25, 0.3) is 0 Å². The van der Waals surface area contributed by atoms with Gasteiger partial charge in [-0.05, 0) is 18.8 Å². The molecule has 3 N–H and O–H groups in total. The monoisotopic (exact) mass is 240 g/mol. The van der Waals surface area contributed by atoms with E-state index in [2.05, 4.69) is 5.43 Å². The first kappa shape index (κ1) is 13.7. The van der Waals surface area contributed by atoms with Crippen molar-refractivity contribution >= 4 is 0 Å². The number of halogens is 3. The average molecular weight is 240 g/mol. The van der Waals surface area contributed by atoms with Crippen LogP contribution in [0.1, 0.15) is 25.7 Å². The Morgan fingerprint density at radius 1 is 1.38 bits per heavy atom. The largest absolute Gasteiger partial charge is 0.392 e. The summed E-state index contributed by atoms with van der Waals surface area (Å²) in [4.78, 5) is 0. The van der Waals surface area contributed by atoms with Crippen molar-refractivity contribution < 1.29 is 17.9 Å². The zero-order valence-electron chi connectivity index (χ0n) is 9.39. The molecule has 3 unspecified atom stereocenters. The summed E-state index contributed by atoms with van der Waals surface area (Å²) < 4.78 is 43.4. The van der Waals surface area contributed by atoms with E-state index < -0.39 is 24.1 Å². The van der Waals surface area contributed by atoms with Crippen molar-refractivity contribution in [2.24, 2.45) is 17.7 Å². The van der Waals surface area contributed by atoms with Crippen LogP contribution in [0.5, 0.6) is 0 Å². The van der Waals surface area contributed by atoms with Gasteiger partial charge >= 0.3 is 6.18 Å². The molecule has 0 saturated heterocycles. The third-order valence-electron chi connectivity index (χ3n) is 3.32. The quantitative estimate of drug-likeness (QED) is 0.582. The van der Waals surface area contributed by atoms with E-state index in [1.807, 2.05) is 0 Å². The summed E-state index contributed by atoms with van der Waals surface area (Å²) in [5, 5.41) is 0. The van der Waals surface area contributed by atoms with Crippen molar-refractivity contribution in [1.82, 2.24) is 5.43 Å². The van der Waals surface area contributed by atoms with Gasteiger partial charge in [0.15, 0.2) is 0 Å². The first-order valence-electron chi connectivity index (χ1n) is 5.52. The second-order valence-electron chi connectivity index (χ2n) is 4.32. The number of ether oxygens (including phenoxy) is 1. The normalized spacial score (nSPS) is 29.1. The van der Waals surface area contributed by atoms with Gasteiger partial charge in [-0.1, -0.05) is 12.8 Å². The van der Waals surface area contributed by atoms with E-state index in [1.54, 1.807) is 0 Å². The fourth-order valence-electron chi connectivity index (χ4n) is 2.52. The molecule has 0 aromatic heterocycles. The van der Waals surface area contributed by atoms with Crippen molar-refractivity contribution in [1.29, 1.82) is 0 Å². The minimum Gasteiger partial charge on any atom is -0.383 e. The lowest BCUT2D eigenvalue weighted by Gasteiger charge is -2.37. The zero-order chi connectivity index (χ0) is 12.2. The molecule has 0 spiro atoms.